The van der Waals surface area contributed by atoms with Gasteiger partial charge in [0, 0.05) is 24.4 Å². The maximum absolute atomic E-state index is 10.9. The Balaban J connectivity index is 2.20. The van der Waals surface area contributed by atoms with E-state index in [1.165, 1.54) is 5.69 Å². The van der Waals surface area contributed by atoms with Crippen LogP contribution in [0.4, 0.5) is 0 Å². The van der Waals surface area contributed by atoms with Crippen molar-refractivity contribution < 1.29 is 4.79 Å². The molecule has 2 heterocycles. The van der Waals surface area contributed by atoms with Crippen LogP contribution in [-0.4, -0.2) is 10.5 Å². The smallest absolute Gasteiger partial charge is 0.220 e. The van der Waals surface area contributed by atoms with Crippen molar-refractivity contribution in [3.8, 4) is 0 Å². The monoisotopic (exact) mass is 164 g/mol. The number of carbonyl (C=O) groups excluding carboxylic acids is 1. The maximum atomic E-state index is 10.9. The first-order valence-corrected chi connectivity index (χ1v) is 4.20. The second-order valence-electron chi connectivity index (χ2n) is 3.29. The molecule has 0 bridgehead atoms. The summed E-state index contributed by atoms with van der Waals surface area (Å²) in [4.78, 5) is 10.9. The van der Waals surface area contributed by atoms with Crippen LogP contribution in [-0.2, 0) is 17.8 Å². The van der Waals surface area contributed by atoms with Gasteiger partial charge in [0.25, 0.3) is 0 Å². The fourth-order valence-electron chi connectivity index (χ4n) is 1.75. The molecule has 64 valence electrons. The zero-order chi connectivity index (χ0) is 8.55. The van der Waals surface area contributed by atoms with Gasteiger partial charge in [-0.05, 0) is 25.0 Å². The Morgan fingerprint density at radius 2 is 2.50 bits per heavy atom. The summed E-state index contributed by atoms with van der Waals surface area (Å²) in [6.07, 6.45) is 3.74. The van der Waals surface area contributed by atoms with E-state index < -0.39 is 0 Å². The number of rotatable bonds is 1. The molecule has 1 aromatic heterocycles. The minimum absolute atomic E-state index is 0.0485. The van der Waals surface area contributed by atoms with E-state index in [0.717, 1.165) is 19.4 Å². The van der Waals surface area contributed by atoms with Crippen LogP contribution in [0.25, 0.3) is 0 Å². The molecule has 0 fully saturated rings. The van der Waals surface area contributed by atoms with Gasteiger partial charge in [0.15, 0.2) is 0 Å². The van der Waals surface area contributed by atoms with Gasteiger partial charge in [0.1, 0.15) is 0 Å². The van der Waals surface area contributed by atoms with Crippen LogP contribution in [0, 0.1) is 5.92 Å². The van der Waals surface area contributed by atoms with Crippen LogP contribution >= 0.6 is 0 Å². The quantitative estimate of drug-likeness (QED) is 0.647. The molecule has 3 heteroatoms. The number of carbonyl (C=O) groups is 1. The highest BCUT2D eigenvalue weighted by atomic mass is 16.1. The molecule has 0 aromatic carbocycles. The third-order valence-electron chi connectivity index (χ3n) is 2.50. The van der Waals surface area contributed by atoms with Crippen LogP contribution in [0.2, 0.25) is 0 Å². The van der Waals surface area contributed by atoms with Crippen LogP contribution in [0.1, 0.15) is 12.1 Å². The first-order valence-electron chi connectivity index (χ1n) is 4.20. The largest absolute Gasteiger partial charge is 0.369 e. The van der Waals surface area contributed by atoms with Crippen molar-refractivity contribution in [3.63, 3.8) is 0 Å². The summed E-state index contributed by atoms with van der Waals surface area (Å²) in [5.74, 6) is -0.116. The normalized spacial score (nSPS) is 21.8. The Labute approximate surface area is 71.2 Å². The summed E-state index contributed by atoms with van der Waals surface area (Å²) in [6.45, 7) is 0.927. The second kappa shape index (κ2) is 2.66. The lowest BCUT2D eigenvalue weighted by molar-refractivity contribution is -0.122. The molecule has 12 heavy (non-hydrogen) atoms. The predicted octanol–water partition coefficient (Wildman–Crippen LogP) is 0.536. The number of nitrogens with zero attached hydrogens (tertiary/aromatic N) is 1. The van der Waals surface area contributed by atoms with Crippen molar-refractivity contribution >= 4 is 5.91 Å². The van der Waals surface area contributed by atoms with Gasteiger partial charge < -0.3 is 10.3 Å². The van der Waals surface area contributed by atoms with E-state index in [9.17, 15) is 4.79 Å². The molecule has 2 N–H and O–H groups in total. The highest BCUT2D eigenvalue weighted by Gasteiger charge is 2.21. The lowest BCUT2D eigenvalue weighted by Gasteiger charge is -2.21. The Hall–Kier alpha value is -1.25. The molecular weight excluding hydrogens is 152 g/mol. The summed E-state index contributed by atoms with van der Waals surface area (Å²) in [5.41, 5.74) is 6.47. The average molecular weight is 164 g/mol. The molecule has 1 unspecified atom stereocenters. The molecule has 0 aliphatic carbocycles. The van der Waals surface area contributed by atoms with E-state index in [2.05, 4.69) is 10.6 Å². The van der Waals surface area contributed by atoms with E-state index in [0.29, 0.717) is 0 Å². The summed E-state index contributed by atoms with van der Waals surface area (Å²) in [5, 5.41) is 0. The van der Waals surface area contributed by atoms with Crippen LogP contribution < -0.4 is 5.73 Å². The standard InChI is InChI=1S/C9H12N2O/c10-9(12)7-3-5-11-4-1-2-8(11)6-7/h1-2,4,7H,3,5-6H2,(H2,10,12). The van der Waals surface area contributed by atoms with E-state index >= 15 is 0 Å². The van der Waals surface area contributed by atoms with Crippen LogP contribution in [0.3, 0.4) is 0 Å². The van der Waals surface area contributed by atoms with Crippen molar-refractivity contribution in [2.75, 3.05) is 0 Å². The zero-order valence-electron chi connectivity index (χ0n) is 6.86. The zero-order valence-corrected chi connectivity index (χ0v) is 6.86. The first kappa shape index (κ1) is 7.40. The van der Waals surface area contributed by atoms with E-state index in [-0.39, 0.29) is 11.8 Å². The number of primary amides is 1. The third-order valence-corrected chi connectivity index (χ3v) is 2.50. The van der Waals surface area contributed by atoms with Crippen molar-refractivity contribution in [1.82, 2.24) is 4.57 Å². The molecule has 1 aliphatic heterocycles. The Morgan fingerprint density at radius 1 is 1.67 bits per heavy atom. The summed E-state index contributed by atoms with van der Waals surface area (Å²) in [7, 11) is 0. The topological polar surface area (TPSA) is 48.0 Å². The minimum atomic E-state index is -0.164. The number of amides is 1. The number of aromatic nitrogens is 1. The van der Waals surface area contributed by atoms with Crippen molar-refractivity contribution in [2.45, 2.75) is 19.4 Å². The van der Waals surface area contributed by atoms with Gasteiger partial charge >= 0.3 is 0 Å². The summed E-state index contributed by atoms with van der Waals surface area (Å²) < 4.78 is 2.18. The number of hydrogen-bond acceptors (Lipinski definition) is 1. The lowest BCUT2D eigenvalue weighted by atomic mass is 9.96. The number of fused-ring (bicyclic) bond motifs is 1. The maximum Gasteiger partial charge on any atom is 0.220 e. The van der Waals surface area contributed by atoms with E-state index in [1.807, 2.05) is 12.3 Å². The fourth-order valence-corrected chi connectivity index (χ4v) is 1.75. The van der Waals surface area contributed by atoms with Crippen molar-refractivity contribution in [2.24, 2.45) is 11.7 Å². The van der Waals surface area contributed by atoms with Crippen molar-refractivity contribution in [1.29, 1.82) is 0 Å². The second-order valence-corrected chi connectivity index (χ2v) is 3.29. The molecule has 0 radical (unpaired) electrons. The molecule has 0 saturated carbocycles. The van der Waals surface area contributed by atoms with Gasteiger partial charge in [-0.25, -0.2) is 0 Å². The van der Waals surface area contributed by atoms with Gasteiger partial charge in [-0.3, -0.25) is 4.79 Å². The molecule has 0 spiro atoms. The van der Waals surface area contributed by atoms with Crippen molar-refractivity contribution in [3.05, 3.63) is 24.0 Å². The van der Waals surface area contributed by atoms with Crippen LogP contribution in [0.15, 0.2) is 18.3 Å². The predicted molar refractivity (Wildman–Crippen MR) is 45.4 cm³/mol. The minimum Gasteiger partial charge on any atom is -0.369 e. The molecular formula is C9H12N2O. The lowest BCUT2D eigenvalue weighted by Crippen LogP contribution is -2.30. The first-order chi connectivity index (χ1) is 5.77. The van der Waals surface area contributed by atoms with E-state index in [1.54, 1.807) is 0 Å². The molecule has 3 nitrogen and oxygen atoms in total. The molecule has 1 aliphatic rings. The Bertz CT molecular complexity index is 303. The number of aryl methyl sites for hydroxylation is 1. The Kier molecular flexibility index (Phi) is 1.64. The van der Waals surface area contributed by atoms with Crippen LogP contribution in [0.5, 0.6) is 0 Å². The van der Waals surface area contributed by atoms with Gasteiger partial charge in [0.05, 0.1) is 0 Å². The Morgan fingerprint density at radius 3 is 3.25 bits per heavy atom. The average Bonchev–Trinajstić information content (AvgIpc) is 2.49. The van der Waals surface area contributed by atoms with Gasteiger partial charge in [-0.15, -0.1) is 0 Å². The highest BCUT2D eigenvalue weighted by molar-refractivity contribution is 5.77. The summed E-state index contributed by atoms with van der Waals surface area (Å²) in [6, 6.07) is 4.06. The number of hydrogen-bond donors (Lipinski definition) is 1. The third kappa shape index (κ3) is 1.11. The fraction of sp³-hybridized carbons (Fsp3) is 0.444. The molecule has 0 saturated heterocycles. The SMILES string of the molecule is NC(=O)C1CCn2cccc2C1. The number of nitrogens with two attached hydrogens (primary N) is 1. The molecule has 1 aromatic rings. The van der Waals surface area contributed by atoms with E-state index in [4.69, 9.17) is 5.73 Å². The summed E-state index contributed by atoms with van der Waals surface area (Å²) >= 11 is 0. The van der Waals surface area contributed by atoms with Gasteiger partial charge in [0.2, 0.25) is 5.91 Å². The van der Waals surface area contributed by atoms with Gasteiger partial charge in [-0.2, -0.15) is 0 Å². The molecule has 1 atom stereocenters. The van der Waals surface area contributed by atoms with Gasteiger partial charge in [-0.1, -0.05) is 0 Å². The molecule has 1 amide bonds. The molecule has 2 rings (SSSR count). The highest BCUT2D eigenvalue weighted by Crippen LogP contribution is 2.19.